The molecule has 1 heterocycles. The molecule has 1 atom stereocenters. The van der Waals surface area contributed by atoms with Crippen LogP contribution in [-0.2, 0) is 20.5 Å². The van der Waals surface area contributed by atoms with Crippen molar-refractivity contribution in [2.24, 2.45) is 0 Å². The molecular formula is C32H37N2O2+. The number of benzene rings is 3. The first kappa shape index (κ1) is 24.3. The van der Waals surface area contributed by atoms with Crippen LogP contribution in [0.2, 0.25) is 0 Å². The second-order valence-corrected chi connectivity index (χ2v) is 10.9. The SMILES string of the molecule is CCN1c2ccc(C(C)=[N+](C)OC(C)=O)cc2C(C)(C)c2cc3c(cc21)C(C)(CC)c1ccccc1-3. The predicted octanol–water partition coefficient (Wildman–Crippen LogP) is 7.11. The molecular weight excluding hydrogens is 444 g/mol. The van der Waals surface area contributed by atoms with Gasteiger partial charge in [0.05, 0.1) is 0 Å². The van der Waals surface area contributed by atoms with Crippen LogP contribution in [0, 0.1) is 0 Å². The maximum atomic E-state index is 11.5. The lowest BCUT2D eigenvalue weighted by Crippen LogP contribution is -2.34. The fourth-order valence-electron chi connectivity index (χ4n) is 6.27. The molecule has 0 saturated carbocycles. The van der Waals surface area contributed by atoms with Crippen molar-refractivity contribution in [2.75, 3.05) is 18.5 Å². The van der Waals surface area contributed by atoms with Crippen LogP contribution in [0.1, 0.15) is 82.7 Å². The minimum atomic E-state index is -0.325. The van der Waals surface area contributed by atoms with Crippen molar-refractivity contribution >= 4 is 23.1 Å². The Morgan fingerprint density at radius 2 is 1.56 bits per heavy atom. The third kappa shape index (κ3) is 3.34. The van der Waals surface area contributed by atoms with E-state index in [0.717, 1.165) is 24.2 Å². The second-order valence-electron chi connectivity index (χ2n) is 10.9. The minimum Gasteiger partial charge on any atom is -0.341 e. The standard InChI is InChI=1S/C32H37N2O2/c1-9-32(7)25-14-12-11-13-23(25)24-18-28-30(19-26(24)32)34(10-2)29-16-15-22(17-27(29)31(28,5)6)20(3)33(8)36-21(4)35/h11-19H,9-10H2,1-8H3/q+1. The zero-order valence-electron chi connectivity index (χ0n) is 22.8. The average Bonchev–Trinajstić information content (AvgIpc) is 3.11. The van der Waals surface area contributed by atoms with Crippen molar-refractivity contribution in [1.82, 2.24) is 0 Å². The number of anilines is 2. The first-order chi connectivity index (χ1) is 17.0. The molecule has 0 saturated heterocycles. The summed E-state index contributed by atoms with van der Waals surface area (Å²) in [4.78, 5) is 19.3. The van der Waals surface area contributed by atoms with E-state index in [1.54, 1.807) is 11.8 Å². The third-order valence-corrected chi connectivity index (χ3v) is 8.65. The molecule has 5 rings (SSSR count). The zero-order valence-corrected chi connectivity index (χ0v) is 22.8. The van der Waals surface area contributed by atoms with E-state index in [2.05, 4.69) is 94.1 Å². The van der Waals surface area contributed by atoms with E-state index >= 15 is 0 Å². The number of hydrogen-bond donors (Lipinski definition) is 0. The lowest BCUT2D eigenvalue weighted by Gasteiger charge is -2.43. The van der Waals surface area contributed by atoms with E-state index in [-0.39, 0.29) is 16.8 Å². The first-order valence-corrected chi connectivity index (χ1v) is 13.0. The van der Waals surface area contributed by atoms with E-state index in [0.29, 0.717) is 0 Å². The van der Waals surface area contributed by atoms with Gasteiger partial charge in [0.15, 0.2) is 7.05 Å². The van der Waals surface area contributed by atoms with Gasteiger partial charge in [-0.2, -0.15) is 4.84 Å². The highest BCUT2D eigenvalue weighted by atomic mass is 16.7. The summed E-state index contributed by atoms with van der Waals surface area (Å²) in [7, 11) is 1.78. The highest BCUT2D eigenvalue weighted by Crippen LogP contribution is 2.56. The van der Waals surface area contributed by atoms with E-state index in [1.807, 2.05) is 6.92 Å². The highest BCUT2D eigenvalue weighted by Gasteiger charge is 2.43. The van der Waals surface area contributed by atoms with Crippen molar-refractivity contribution in [3.63, 3.8) is 0 Å². The molecule has 2 aliphatic rings. The van der Waals surface area contributed by atoms with Gasteiger partial charge < -0.3 is 4.90 Å². The summed E-state index contributed by atoms with van der Waals surface area (Å²) in [6.45, 7) is 15.9. The van der Waals surface area contributed by atoms with Crippen LogP contribution in [0.25, 0.3) is 11.1 Å². The molecule has 0 bridgehead atoms. The Morgan fingerprint density at radius 1 is 0.861 bits per heavy atom. The van der Waals surface area contributed by atoms with Gasteiger partial charge in [0, 0.05) is 48.2 Å². The average molecular weight is 482 g/mol. The Balaban J connectivity index is 1.73. The van der Waals surface area contributed by atoms with Gasteiger partial charge >= 0.3 is 5.97 Å². The monoisotopic (exact) mass is 481 g/mol. The number of hydrogen-bond acceptors (Lipinski definition) is 3. The summed E-state index contributed by atoms with van der Waals surface area (Å²) < 4.78 is 1.56. The Kier molecular flexibility index (Phi) is 5.62. The Bertz CT molecular complexity index is 1430. The lowest BCUT2D eigenvalue weighted by molar-refractivity contribution is -0.740. The van der Waals surface area contributed by atoms with Crippen LogP contribution in [0.15, 0.2) is 54.6 Å². The van der Waals surface area contributed by atoms with Gasteiger partial charge in [-0.3, -0.25) is 0 Å². The summed E-state index contributed by atoms with van der Waals surface area (Å²) in [6.07, 6.45) is 1.07. The number of nitrogens with zero attached hydrogens (tertiary/aromatic N) is 2. The van der Waals surface area contributed by atoms with Crippen LogP contribution >= 0.6 is 0 Å². The van der Waals surface area contributed by atoms with Crippen molar-refractivity contribution in [1.29, 1.82) is 0 Å². The fraction of sp³-hybridized carbons (Fsp3) is 0.375. The maximum Gasteiger partial charge on any atom is 0.376 e. The van der Waals surface area contributed by atoms with Crippen LogP contribution < -0.4 is 4.90 Å². The molecule has 1 aliphatic heterocycles. The van der Waals surface area contributed by atoms with E-state index in [9.17, 15) is 4.79 Å². The van der Waals surface area contributed by atoms with Gasteiger partial charge in [0.1, 0.15) is 0 Å². The summed E-state index contributed by atoms with van der Waals surface area (Å²) in [6, 6.07) is 20.5. The molecule has 1 aliphatic carbocycles. The number of hydroxylamine groups is 1. The van der Waals surface area contributed by atoms with E-state index in [1.165, 1.54) is 51.7 Å². The van der Waals surface area contributed by atoms with Gasteiger partial charge in [0.25, 0.3) is 0 Å². The smallest absolute Gasteiger partial charge is 0.341 e. The van der Waals surface area contributed by atoms with Gasteiger partial charge in [-0.25, -0.2) is 4.79 Å². The zero-order chi connectivity index (χ0) is 26.0. The maximum absolute atomic E-state index is 11.5. The third-order valence-electron chi connectivity index (χ3n) is 8.65. The molecule has 0 amide bonds. The van der Waals surface area contributed by atoms with Crippen molar-refractivity contribution in [3.05, 3.63) is 82.4 Å². The molecule has 36 heavy (non-hydrogen) atoms. The largest absolute Gasteiger partial charge is 0.376 e. The fourth-order valence-corrected chi connectivity index (χ4v) is 6.27. The molecule has 1 unspecified atom stereocenters. The van der Waals surface area contributed by atoms with Crippen molar-refractivity contribution in [3.8, 4) is 11.1 Å². The summed E-state index contributed by atoms with van der Waals surface area (Å²) in [5, 5.41) is 0. The molecule has 0 spiro atoms. The van der Waals surface area contributed by atoms with Crippen molar-refractivity contribution in [2.45, 2.75) is 65.7 Å². The molecule has 4 heteroatoms. The number of carbonyl (C=O) groups is 1. The van der Waals surface area contributed by atoms with E-state index < -0.39 is 0 Å². The summed E-state index contributed by atoms with van der Waals surface area (Å²) in [5.74, 6) is -0.325. The molecule has 3 aromatic carbocycles. The van der Waals surface area contributed by atoms with Gasteiger partial charge in [-0.15, -0.1) is 0 Å². The molecule has 0 N–H and O–H groups in total. The van der Waals surface area contributed by atoms with Crippen LogP contribution in [0.3, 0.4) is 0 Å². The lowest BCUT2D eigenvalue weighted by atomic mass is 9.71. The molecule has 3 aromatic rings. The molecule has 0 radical (unpaired) electrons. The quantitative estimate of drug-likeness (QED) is 0.172. The van der Waals surface area contributed by atoms with Gasteiger partial charge in [0.2, 0.25) is 5.71 Å². The number of rotatable bonds is 4. The Morgan fingerprint density at radius 3 is 2.22 bits per heavy atom. The van der Waals surface area contributed by atoms with Crippen molar-refractivity contribution < 1.29 is 14.4 Å². The van der Waals surface area contributed by atoms with E-state index in [4.69, 9.17) is 4.84 Å². The second kappa shape index (κ2) is 8.33. The Hall–Kier alpha value is -3.40. The molecule has 0 aromatic heterocycles. The number of fused-ring (bicyclic) bond motifs is 5. The number of carbonyl (C=O) groups excluding carboxylic acids is 1. The molecule has 186 valence electrons. The first-order valence-electron chi connectivity index (χ1n) is 13.0. The minimum absolute atomic E-state index is 0.0159. The molecule has 4 nitrogen and oxygen atoms in total. The van der Waals surface area contributed by atoms with Crippen LogP contribution in [0.5, 0.6) is 0 Å². The predicted molar refractivity (Wildman–Crippen MR) is 148 cm³/mol. The van der Waals surface area contributed by atoms with Crippen LogP contribution in [0.4, 0.5) is 11.4 Å². The molecule has 0 fully saturated rings. The summed E-state index contributed by atoms with van der Waals surface area (Å²) >= 11 is 0. The topological polar surface area (TPSA) is 32.5 Å². The van der Waals surface area contributed by atoms with Gasteiger partial charge in [-0.05, 0) is 81.8 Å². The Labute approximate surface area is 215 Å². The highest BCUT2D eigenvalue weighted by molar-refractivity contribution is 5.96. The normalized spacial score (nSPS) is 19.6. The van der Waals surface area contributed by atoms with Gasteiger partial charge in [-0.1, -0.05) is 52.0 Å². The summed E-state index contributed by atoms with van der Waals surface area (Å²) in [5.41, 5.74) is 12.6. The van der Waals surface area contributed by atoms with Crippen LogP contribution in [-0.4, -0.2) is 30.0 Å².